The molecular formula is C4H5NO. The zero-order valence-electron chi connectivity index (χ0n) is 3.22. The van der Waals surface area contributed by atoms with Crippen LogP contribution in [0, 0.1) is 20.8 Å². The molecule has 32 valence electrons. The van der Waals surface area contributed by atoms with Crippen molar-refractivity contribution in [3.63, 3.8) is 0 Å². The summed E-state index contributed by atoms with van der Waals surface area (Å²) in [5.41, 5.74) is -1.68. The first-order valence-corrected chi connectivity index (χ1v) is 1.31. The maximum Gasteiger partial charge on any atom is 0.100 e. The van der Waals surface area contributed by atoms with Gasteiger partial charge in [0.15, 0.2) is 0 Å². The van der Waals surface area contributed by atoms with E-state index >= 15 is 0 Å². The van der Waals surface area contributed by atoms with Crippen molar-refractivity contribution in [3.8, 4) is 0 Å². The van der Waals surface area contributed by atoms with Gasteiger partial charge in [0.1, 0.15) is 5.60 Å². The molecule has 0 aromatic carbocycles. The van der Waals surface area contributed by atoms with Crippen LogP contribution in [0.2, 0.25) is 0 Å². The van der Waals surface area contributed by atoms with Crippen LogP contribution in [0.4, 0.5) is 0 Å². The van der Waals surface area contributed by atoms with E-state index in [1.807, 2.05) is 0 Å². The minimum absolute atomic E-state index is 1.68. The number of nitrogens with two attached hydrogens (primary N) is 1. The Balaban J connectivity index is 3.17. The Kier molecular flexibility index (Phi) is 1.56. The largest absolute Gasteiger partial charge is 0.297 e. The average Bonchev–Trinajstić information content (AvgIpc) is 1.35. The van der Waals surface area contributed by atoms with Crippen molar-refractivity contribution < 1.29 is 4.84 Å². The zero-order chi connectivity index (χ0) is 5.21. The van der Waals surface area contributed by atoms with E-state index < -0.39 is 5.60 Å². The van der Waals surface area contributed by atoms with E-state index in [0.29, 0.717) is 0 Å². The molecular weight excluding hydrogens is 78.0 g/mol. The summed E-state index contributed by atoms with van der Waals surface area (Å²) < 4.78 is 0. The molecule has 0 amide bonds. The molecule has 0 spiro atoms. The van der Waals surface area contributed by atoms with Crippen LogP contribution in [0.3, 0.4) is 0 Å². The first-order valence-electron chi connectivity index (χ1n) is 1.31. The van der Waals surface area contributed by atoms with Crippen molar-refractivity contribution >= 4 is 0 Å². The van der Waals surface area contributed by atoms with Gasteiger partial charge in [0.05, 0.1) is 0 Å². The maximum absolute atomic E-state index is 4.74. The molecule has 0 saturated heterocycles. The van der Waals surface area contributed by atoms with E-state index in [1.165, 1.54) is 0 Å². The van der Waals surface area contributed by atoms with Gasteiger partial charge in [0, 0.05) is 20.8 Å². The van der Waals surface area contributed by atoms with E-state index in [1.54, 1.807) is 0 Å². The van der Waals surface area contributed by atoms with Crippen LogP contribution in [-0.4, -0.2) is 5.60 Å². The fourth-order valence-electron chi connectivity index (χ4n) is 0. The molecule has 2 nitrogen and oxygen atoms in total. The lowest BCUT2D eigenvalue weighted by atomic mass is 10.2. The van der Waals surface area contributed by atoms with Gasteiger partial charge < -0.3 is 0 Å². The summed E-state index contributed by atoms with van der Waals surface area (Å²) in [6, 6.07) is 0. The highest BCUT2D eigenvalue weighted by atomic mass is 16.6. The monoisotopic (exact) mass is 83.0 g/mol. The van der Waals surface area contributed by atoms with Gasteiger partial charge in [0.2, 0.25) is 0 Å². The summed E-state index contributed by atoms with van der Waals surface area (Å²) in [4.78, 5) is 3.77. The van der Waals surface area contributed by atoms with Gasteiger partial charge in [-0.1, -0.05) is 0 Å². The lowest BCUT2D eigenvalue weighted by Crippen LogP contribution is -2.24. The molecule has 0 aliphatic heterocycles. The fraction of sp³-hybridized carbons (Fsp3) is 0.250. The van der Waals surface area contributed by atoms with Gasteiger partial charge in [-0.15, -0.1) is 0 Å². The summed E-state index contributed by atoms with van der Waals surface area (Å²) in [5.74, 6) is 4.43. The molecule has 6 heavy (non-hydrogen) atoms. The third-order valence-corrected chi connectivity index (χ3v) is 0.204. The summed E-state index contributed by atoms with van der Waals surface area (Å²) in [7, 11) is 0. The zero-order valence-corrected chi connectivity index (χ0v) is 3.22. The van der Waals surface area contributed by atoms with E-state index in [2.05, 4.69) is 10.7 Å². The van der Waals surface area contributed by atoms with Gasteiger partial charge in [-0.05, 0) is 0 Å². The van der Waals surface area contributed by atoms with Crippen molar-refractivity contribution in [3.05, 3.63) is 20.8 Å². The molecule has 0 heterocycles. The van der Waals surface area contributed by atoms with E-state index in [9.17, 15) is 0 Å². The van der Waals surface area contributed by atoms with Crippen molar-refractivity contribution in [1.82, 2.24) is 0 Å². The molecule has 0 aromatic heterocycles. The normalized spacial score (nSPS) is 12.0. The van der Waals surface area contributed by atoms with Crippen molar-refractivity contribution in [1.29, 1.82) is 0 Å². The van der Waals surface area contributed by atoms with Crippen LogP contribution in [0.25, 0.3) is 0 Å². The smallest absolute Gasteiger partial charge is 0.100 e. The number of hydrogen-bond donors (Lipinski definition) is 1. The Hall–Kier alpha value is -0.0800. The summed E-state index contributed by atoms with van der Waals surface area (Å²) in [6.07, 6.45) is 0. The van der Waals surface area contributed by atoms with Crippen molar-refractivity contribution in [2.24, 2.45) is 5.90 Å². The van der Waals surface area contributed by atoms with Crippen LogP contribution >= 0.6 is 0 Å². The Morgan fingerprint density at radius 2 is 1.50 bits per heavy atom. The minimum Gasteiger partial charge on any atom is -0.297 e. The van der Waals surface area contributed by atoms with E-state index in [0.717, 1.165) is 0 Å². The average molecular weight is 83.1 g/mol. The Morgan fingerprint density at radius 1 is 1.33 bits per heavy atom. The molecule has 2 heteroatoms. The van der Waals surface area contributed by atoms with Crippen LogP contribution in [0.15, 0.2) is 0 Å². The molecule has 0 unspecified atom stereocenters. The summed E-state index contributed by atoms with van der Waals surface area (Å²) in [5, 5.41) is 0. The molecule has 0 rings (SSSR count). The molecule has 2 N–H and O–H groups in total. The van der Waals surface area contributed by atoms with Crippen LogP contribution in [0.5, 0.6) is 0 Å². The minimum atomic E-state index is -1.68. The second kappa shape index (κ2) is 1.58. The first-order chi connectivity index (χ1) is 2.56. The highest BCUT2D eigenvalue weighted by molar-refractivity contribution is 4.87. The van der Waals surface area contributed by atoms with Gasteiger partial charge in [-0.3, -0.25) is 4.84 Å². The Bertz CT molecular complexity index is 37.3. The topological polar surface area (TPSA) is 35.2 Å². The van der Waals surface area contributed by atoms with Crippen LogP contribution in [0.1, 0.15) is 0 Å². The molecule has 0 fully saturated rings. The van der Waals surface area contributed by atoms with Crippen LogP contribution < -0.4 is 5.90 Å². The number of rotatable bonds is 1. The molecule has 0 saturated carbocycles. The molecule has 6 radical (unpaired) electrons. The van der Waals surface area contributed by atoms with Gasteiger partial charge in [0.25, 0.3) is 0 Å². The lowest BCUT2D eigenvalue weighted by molar-refractivity contribution is 0.0561. The Morgan fingerprint density at radius 3 is 1.50 bits per heavy atom. The second-order valence-corrected chi connectivity index (χ2v) is 0.971. The fourth-order valence-corrected chi connectivity index (χ4v) is 0. The first kappa shape index (κ1) is 5.92. The third kappa shape index (κ3) is 3.92. The van der Waals surface area contributed by atoms with Crippen LogP contribution in [-0.2, 0) is 4.84 Å². The second-order valence-electron chi connectivity index (χ2n) is 0.971. The lowest BCUT2D eigenvalue weighted by Gasteiger charge is -2.10. The Labute approximate surface area is 38.2 Å². The van der Waals surface area contributed by atoms with E-state index in [-0.39, 0.29) is 0 Å². The summed E-state index contributed by atoms with van der Waals surface area (Å²) in [6.45, 7) is 14.2. The van der Waals surface area contributed by atoms with Crippen molar-refractivity contribution in [2.75, 3.05) is 0 Å². The molecule has 0 aliphatic carbocycles. The molecule has 0 bridgehead atoms. The highest BCUT2D eigenvalue weighted by Gasteiger charge is 2.07. The van der Waals surface area contributed by atoms with Gasteiger partial charge in [-0.25, -0.2) is 5.90 Å². The molecule has 0 atom stereocenters. The predicted molar refractivity (Wildman–Crippen MR) is 20.9 cm³/mol. The SMILES string of the molecule is [CH]C([CH])([CH])ON. The summed E-state index contributed by atoms with van der Waals surface area (Å²) >= 11 is 0. The number of hydrogen-bond acceptors (Lipinski definition) is 2. The standard InChI is InChI=1S/C4H5NO/c1-4(2,3)6-5/h1-3H,5H2. The highest BCUT2D eigenvalue weighted by Crippen LogP contribution is 1.97. The van der Waals surface area contributed by atoms with Crippen molar-refractivity contribution in [2.45, 2.75) is 5.60 Å². The third-order valence-electron chi connectivity index (χ3n) is 0.204. The van der Waals surface area contributed by atoms with Gasteiger partial charge >= 0.3 is 0 Å². The maximum atomic E-state index is 4.74. The molecule has 0 aliphatic rings. The van der Waals surface area contributed by atoms with E-state index in [4.69, 9.17) is 20.8 Å². The quantitative estimate of drug-likeness (QED) is 0.443. The molecule has 0 aromatic rings. The predicted octanol–water partition coefficient (Wildman–Crippen LogP) is -0.251. The van der Waals surface area contributed by atoms with Gasteiger partial charge in [-0.2, -0.15) is 0 Å².